The molecule has 1 aliphatic carbocycles. The molecule has 0 aliphatic heterocycles. The van der Waals surface area contributed by atoms with Crippen molar-refractivity contribution >= 4 is 13.8 Å². The van der Waals surface area contributed by atoms with Crippen LogP contribution in [-0.4, -0.2) is 98.9 Å². The maximum Gasteiger partial charge on any atom is 0.472 e. The summed E-state index contributed by atoms with van der Waals surface area (Å²) in [4.78, 5) is 23.1. The highest BCUT2D eigenvalue weighted by Gasteiger charge is 2.51. The largest absolute Gasteiger partial charge is 0.472 e. The number of ether oxygens (including phenoxy) is 2. The van der Waals surface area contributed by atoms with Crippen molar-refractivity contribution in [2.45, 2.75) is 256 Å². The van der Waals surface area contributed by atoms with Crippen LogP contribution >= 0.6 is 7.82 Å². The second-order valence-electron chi connectivity index (χ2n) is 17.0. The first-order valence-corrected chi connectivity index (χ1v) is 25.5. The van der Waals surface area contributed by atoms with Gasteiger partial charge in [-0.25, -0.2) is 4.57 Å². The Balaban J connectivity index is 2.33. The van der Waals surface area contributed by atoms with Gasteiger partial charge in [-0.15, -0.1) is 0 Å². The van der Waals surface area contributed by atoms with Gasteiger partial charge in [0.25, 0.3) is 0 Å². The molecule has 350 valence electrons. The van der Waals surface area contributed by atoms with Gasteiger partial charge in [-0.3, -0.25) is 13.8 Å². The number of phosphoric acid groups is 1. The summed E-state index contributed by atoms with van der Waals surface area (Å²) in [6, 6.07) is 0. The minimum absolute atomic E-state index is 0.0720. The highest BCUT2D eigenvalue weighted by atomic mass is 31.2. The maximum atomic E-state index is 12.8. The topological polar surface area (TPSA) is 192 Å². The molecule has 1 fully saturated rings. The molecule has 13 heteroatoms. The molecule has 0 aromatic rings. The molecule has 6 atom stereocenters. The van der Waals surface area contributed by atoms with E-state index in [9.17, 15) is 39.8 Å². The van der Waals surface area contributed by atoms with Gasteiger partial charge >= 0.3 is 13.8 Å². The summed E-state index contributed by atoms with van der Waals surface area (Å²) in [5, 5.41) is 50.1. The van der Waals surface area contributed by atoms with Crippen LogP contribution in [0.5, 0.6) is 0 Å². The van der Waals surface area contributed by atoms with Crippen LogP contribution < -0.4 is 0 Å². The van der Waals surface area contributed by atoms with E-state index in [1.54, 1.807) is 0 Å². The van der Waals surface area contributed by atoms with E-state index in [2.05, 4.69) is 26.0 Å². The summed E-state index contributed by atoms with van der Waals surface area (Å²) in [5.41, 5.74) is 0. The number of phosphoric ester groups is 1. The highest BCUT2D eigenvalue weighted by molar-refractivity contribution is 7.47. The molecule has 0 aromatic heterocycles. The predicted octanol–water partition coefficient (Wildman–Crippen LogP) is 9.92. The molecule has 0 saturated heterocycles. The van der Waals surface area contributed by atoms with Gasteiger partial charge in [-0.05, 0) is 38.5 Å². The van der Waals surface area contributed by atoms with Crippen LogP contribution in [0.2, 0.25) is 0 Å². The van der Waals surface area contributed by atoms with Crippen molar-refractivity contribution in [3.8, 4) is 0 Å². The first-order valence-electron chi connectivity index (χ1n) is 24.0. The van der Waals surface area contributed by atoms with Crippen molar-refractivity contribution in [2.75, 3.05) is 19.8 Å². The van der Waals surface area contributed by atoms with Crippen molar-refractivity contribution in [3.63, 3.8) is 0 Å². The van der Waals surface area contributed by atoms with E-state index in [1.807, 2.05) is 0 Å². The molecule has 0 aromatic carbocycles. The van der Waals surface area contributed by atoms with Crippen molar-refractivity contribution in [3.05, 3.63) is 12.2 Å². The maximum absolute atomic E-state index is 12.8. The Morgan fingerprint density at radius 2 is 0.898 bits per heavy atom. The zero-order valence-electron chi connectivity index (χ0n) is 37.3. The van der Waals surface area contributed by atoms with E-state index in [4.69, 9.17) is 18.5 Å². The standard InChI is InChI=1S/C46H89O12P/c1-3-5-7-9-11-13-15-16-17-18-19-20-21-22-23-24-25-27-29-31-33-35-40(47)57-39(37-55-36-34-32-30-28-26-14-12-10-8-6-4-2)38-56-59(53,54)58-46-44(51)42(49)41(48)43(50)45(46)52/h18-19,39,41-46,48-52H,3-17,20-38H2,1-2H3,(H,53,54)/b19-18-. The fourth-order valence-electron chi connectivity index (χ4n) is 7.53. The summed E-state index contributed by atoms with van der Waals surface area (Å²) < 4.78 is 34.2. The summed E-state index contributed by atoms with van der Waals surface area (Å²) in [5.74, 6) is -0.476. The molecule has 12 nitrogen and oxygen atoms in total. The van der Waals surface area contributed by atoms with Crippen molar-refractivity contribution in [2.24, 2.45) is 0 Å². The van der Waals surface area contributed by atoms with Crippen LogP contribution in [0.3, 0.4) is 0 Å². The number of allylic oxidation sites excluding steroid dienone is 2. The number of rotatable bonds is 41. The fraction of sp³-hybridized carbons (Fsp3) is 0.935. The lowest BCUT2D eigenvalue weighted by atomic mass is 9.85. The lowest BCUT2D eigenvalue weighted by Crippen LogP contribution is -2.64. The third-order valence-electron chi connectivity index (χ3n) is 11.4. The summed E-state index contributed by atoms with van der Waals surface area (Å²) in [6.45, 7) is 4.27. The van der Waals surface area contributed by atoms with Gasteiger partial charge in [-0.2, -0.15) is 0 Å². The Morgan fingerprint density at radius 3 is 1.34 bits per heavy atom. The number of aliphatic hydroxyl groups is 5. The molecule has 0 heterocycles. The number of esters is 1. The molecular formula is C46H89O12P. The van der Waals surface area contributed by atoms with Gasteiger partial charge in [0.2, 0.25) is 0 Å². The highest BCUT2D eigenvalue weighted by Crippen LogP contribution is 2.47. The quantitative estimate of drug-likeness (QED) is 0.0148. The summed E-state index contributed by atoms with van der Waals surface area (Å²) in [7, 11) is -5.01. The SMILES string of the molecule is CCCCCCCCCC/C=C\CCCCCCCCCCCC(=O)OC(COCCCCCCCCCCCCC)COP(=O)(O)OC1C(O)C(O)C(O)C(O)C1O. The average Bonchev–Trinajstić information content (AvgIpc) is 3.22. The normalized spacial score (nSPS) is 22.5. The van der Waals surface area contributed by atoms with E-state index in [0.717, 1.165) is 38.5 Å². The van der Waals surface area contributed by atoms with Crippen LogP contribution in [0.15, 0.2) is 12.2 Å². The van der Waals surface area contributed by atoms with Gasteiger partial charge < -0.3 is 39.9 Å². The monoisotopic (exact) mass is 865 g/mol. The molecule has 1 saturated carbocycles. The molecule has 0 bridgehead atoms. The number of carbonyl (C=O) groups excluding carboxylic acids is 1. The van der Waals surface area contributed by atoms with E-state index in [0.29, 0.717) is 13.0 Å². The zero-order valence-corrected chi connectivity index (χ0v) is 38.2. The van der Waals surface area contributed by atoms with Gasteiger partial charge in [-0.1, -0.05) is 180 Å². The smallest absolute Gasteiger partial charge is 0.457 e. The van der Waals surface area contributed by atoms with Crippen molar-refractivity contribution < 1.29 is 58.3 Å². The number of hydrogen-bond donors (Lipinski definition) is 6. The van der Waals surface area contributed by atoms with E-state index in [-0.39, 0.29) is 13.0 Å². The first-order chi connectivity index (χ1) is 28.5. The Bertz CT molecular complexity index is 1030. The number of hydrogen-bond acceptors (Lipinski definition) is 11. The molecule has 0 amide bonds. The fourth-order valence-corrected chi connectivity index (χ4v) is 8.50. The van der Waals surface area contributed by atoms with Gasteiger partial charge in [0, 0.05) is 13.0 Å². The van der Waals surface area contributed by atoms with Crippen LogP contribution in [0.25, 0.3) is 0 Å². The molecule has 6 unspecified atom stereocenters. The molecule has 0 radical (unpaired) electrons. The van der Waals surface area contributed by atoms with Crippen molar-refractivity contribution in [1.82, 2.24) is 0 Å². The minimum atomic E-state index is -5.01. The van der Waals surface area contributed by atoms with Gasteiger partial charge in [0.15, 0.2) is 0 Å². The predicted molar refractivity (Wildman–Crippen MR) is 235 cm³/mol. The van der Waals surface area contributed by atoms with Crippen molar-refractivity contribution in [1.29, 1.82) is 0 Å². The van der Waals surface area contributed by atoms with E-state index in [1.165, 1.54) is 148 Å². The van der Waals surface area contributed by atoms with E-state index < -0.39 is 63.1 Å². The van der Waals surface area contributed by atoms with Crippen LogP contribution in [0, 0.1) is 0 Å². The van der Waals surface area contributed by atoms with E-state index >= 15 is 0 Å². The van der Waals surface area contributed by atoms with Gasteiger partial charge in [0.05, 0.1) is 13.2 Å². The Hall–Kier alpha value is -0.920. The lowest BCUT2D eigenvalue weighted by Gasteiger charge is -2.41. The summed E-state index contributed by atoms with van der Waals surface area (Å²) >= 11 is 0. The van der Waals surface area contributed by atoms with Crippen LogP contribution in [0.1, 0.15) is 213 Å². The Labute approximate surface area is 358 Å². The third kappa shape index (κ3) is 29.9. The molecule has 1 rings (SSSR count). The number of unbranched alkanes of at least 4 members (excludes halogenated alkanes) is 27. The van der Waals surface area contributed by atoms with Gasteiger partial charge in [0.1, 0.15) is 42.7 Å². The molecule has 0 spiro atoms. The Kier molecular flexibility index (Phi) is 35.8. The minimum Gasteiger partial charge on any atom is -0.457 e. The molecule has 1 aliphatic rings. The Morgan fingerprint density at radius 1 is 0.525 bits per heavy atom. The second-order valence-corrected chi connectivity index (χ2v) is 18.4. The zero-order chi connectivity index (χ0) is 43.4. The first kappa shape index (κ1) is 56.1. The number of carbonyl (C=O) groups is 1. The third-order valence-corrected chi connectivity index (χ3v) is 12.4. The lowest BCUT2D eigenvalue weighted by molar-refractivity contribution is -0.220. The number of aliphatic hydroxyl groups excluding tert-OH is 5. The molecular weight excluding hydrogens is 775 g/mol. The summed E-state index contributed by atoms with van der Waals surface area (Å²) in [6.07, 6.45) is 28.6. The molecule has 6 N–H and O–H groups in total. The molecule has 59 heavy (non-hydrogen) atoms. The van der Waals surface area contributed by atoms with Crippen LogP contribution in [0.4, 0.5) is 0 Å². The van der Waals surface area contributed by atoms with Crippen LogP contribution in [-0.2, 0) is 27.9 Å². The average molecular weight is 865 g/mol. The second kappa shape index (κ2) is 37.6.